The van der Waals surface area contributed by atoms with Gasteiger partial charge in [0.1, 0.15) is 0 Å². The van der Waals surface area contributed by atoms with Crippen LogP contribution in [-0.2, 0) is 9.59 Å². The van der Waals surface area contributed by atoms with E-state index in [0.29, 0.717) is 17.9 Å². The first-order chi connectivity index (χ1) is 9.96. The van der Waals surface area contributed by atoms with E-state index in [2.05, 4.69) is 10.6 Å². The third kappa shape index (κ3) is 2.56. The van der Waals surface area contributed by atoms with Crippen LogP contribution in [0.1, 0.15) is 51.4 Å². The van der Waals surface area contributed by atoms with Crippen LogP contribution in [0, 0.1) is 17.3 Å². The zero-order valence-electron chi connectivity index (χ0n) is 12.3. The Balaban J connectivity index is 1.40. The topological polar surface area (TPSA) is 58.2 Å². The molecule has 5 heteroatoms. The standard InChI is InChI=1S/C16H23ClN2O2/c17-16-6-10-3-11(7-16)5-15(4-10,9-16)14(21)18-8-13(20)19-12-1-2-12/h10-12H,1-9H2,(H,18,21)(H,19,20)/t10-,11-,15?,16?/m0/s1. The second-order valence-electron chi connectivity index (χ2n) is 7.92. The molecule has 5 rings (SSSR count). The van der Waals surface area contributed by atoms with E-state index in [9.17, 15) is 9.59 Å². The van der Waals surface area contributed by atoms with Crippen LogP contribution < -0.4 is 10.6 Å². The van der Waals surface area contributed by atoms with Crippen molar-refractivity contribution < 1.29 is 9.59 Å². The molecule has 5 fully saturated rings. The summed E-state index contributed by atoms with van der Waals surface area (Å²) in [5.74, 6) is 1.22. The predicted octanol–water partition coefficient (Wildman–Crippen LogP) is 1.96. The Bertz CT molecular complexity index is 475. The van der Waals surface area contributed by atoms with Gasteiger partial charge >= 0.3 is 0 Å². The molecule has 21 heavy (non-hydrogen) atoms. The smallest absolute Gasteiger partial charge is 0.239 e. The molecule has 0 aromatic carbocycles. The average molecular weight is 311 g/mol. The van der Waals surface area contributed by atoms with Crippen LogP contribution in [0.2, 0.25) is 0 Å². The second-order valence-corrected chi connectivity index (χ2v) is 8.72. The van der Waals surface area contributed by atoms with Crippen molar-refractivity contribution in [3.8, 4) is 0 Å². The third-order valence-corrected chi connectivity index (χ3v) is 6.27. The first-order valence-corrected chi connectivity index (χ1v) is 8.61. The first kappa shape index (κ1) is 13.9. The molecule has 5 aliphatic carbocycles. The van der Waals surface area contributed by atoms with Gasteiger partial charge in [-0.3, -0.25) is 9.59 Å². The Labute approximate surface area is 130 Å². The van der Waals surface area contributed by atoms with Gasteiger partial charge in [0.15, 0.2) is 0 Å². The molecular formula is C16H23ClN2O2. The van der Waals surface area contributed by atoms with Crippen LogP contribution in [0.4, 0.5) is 0 Å². The lowest BCUT2D eigenvalue weighted by Crippen LogP contribution is -2.59. The summed E-state index contributed by atoms with van der Waals surface area (Å²) < 4.78 is 0. The van der Waals surface area contributed by atoms with Gasteiger partial charge < -0.3 is 10.6 Å². The zero-order chi connectivity index (χ0) is 14.7. The fourth-order valence-corrected chi connectivity index (χ4v) is 5.96. The molecule has 0 aromatic rings. The summed E-state index contributed by atoms with van der Waals surface area (Å²) in [5, 5.41) is 5.79. The molecule has 2 amide bonds. The van der Waals surface area contributed by atoms with Crippen molar-refractivity contribution in [3.63, 3.8) is 0 Å². The molecule has 0 saturated heterocycles. The molecule has 116 valence electrons. The number of amides is 2. The predicted molar refractivity (Wildman–Crippen MR) is 79.9 cm³/mol. The highest BCUT2D eigenvalue weighted by Gasteiger charge is 2.60. The van der Waals surface area contributed by atoms with Crippen LogP contribution >= 0.6 is 11.6 Å². The number of alkyl halides is 1. The van der Waals surface area contributed by atoms with Crippen molar-refractivity contribution in [1.82, 2.24) is 10.6 Å². The van der Waals surface area contributed by atoms with Crippen molar-refractivity contribution in [3.05, 3.63) is 0 Å². The SMILES string of the molecule is O=C(CNC(=O)C12C[C@@H]3C[C@H](CC(Cl)(C3)C1)C2)NC1CC1. The Kier molecular flexibility index (Phi) is 3.04. The number of hydrogen-bond acceptors (Lipinski definition) is 2. The molecule has 0 unspecified atom stereocenters. The minimum absolute atomic E-state index is 0.0591. The van der Waals surface area contributed by atoms with E-state index in [1.807, 2.05) is 0 Å². The molecule has 0 radical (unpaired) electrons. The Morgan fingerprint density at radius 3 is 2.33 bits per heavy atom. The van der Waals surface area contributed by atoms with E-state index >= 15 is 0 Å². The molecule has 2 N–H and O–H groups in total. The quantitative estimate of drug-likeness (QED) is 0.780. The third-order valence-electron chi connectivity index (χ3n) is 5.82. The van der Waals surface area contributed by atoms with Crippen molar-refractivity contribution in [2.75, 3.05) is 6.54 Å². The van der Waals surface area contributed by atoms with Crippen LogP contribution in [0.5, 0.6) is 0 Å². The fourth-order valence-electron chi connectivity index (χ4n) is 5.27. The summed E-state index contributed by atoms with van der Waals surface area (Å²) in [6.45, 7) is 0.113. The molecule has 2 atom stereocenters. The molecule has 5 saturated carbocycles. The van der Waals surface area contributed by atoms with Crippen molar-refractivity contribution in [2.24, 2.45) is 17.3 Å². The van der Waals surface area contributed by atoms with Crippen LogP contribution in [0.3, 0.4) is 0 Å². The summed E-state index contributed by atoms with van der Waals surface area (Å²) in [6, 6.07) is 0.347. The highest BCUT2D eigenvalue weighted by atomic mass is 35.5. The Morgan fingerprint density at radius 2 is 1.76 bits per heavy atom. The van der Waals surface area contributed by atoms with Gasteiger partial charge in [0.05, 0.1) is 12.0 Å². The summed E-state index contributed by atoms with van der Waals surface area (Å²) in [5.41, 5.74) is -0.300. The van der Waals surface area contributed by atoms with E-state index in [0.717, 1.165) is 44.9 Å². The summed E-state index contributed by atoms with van der Waals surface area (Å²) in [6.07, 6.45) is 8.26. The maximum atomic E-state index is 12.7. The molecule has 0 aliphatic heterocycles. The highest BCUT2D eigenvalue weighted by molar-refractivity contribution is 6.24. The van der Waals surface area contributed by atoms with E-state index in [4.69, 9.17) is 11.6 Å². The highest BCUT2D eigenvalue weighted by Crippen LogP contribution is 2.63. The van der Waals surface area contributed by atoms with Gasteiger partial charge in [-0.25, -0.2) is 0 Å². The minimum atomic E-state index is -0.300. The van der Waals surface area contributed by atoms with Crippen molar-refractivity contribution in [2.45, 2.75) is 62.3 Å². The first-order valence-electron chi connectivity index (χ1n) is 8.23. The molecule has 0 heterocycles. The zero-order valence-corrected chi connectivity index (χ0v) is 13.0. The Morgan fingerprint density at radius 1 is 1.10 bits per heavy atom. The van der Waals surface area contributed by atoms with Crippen molar-refractivity contribution in [1.29, 1.82) is 0 Å². The number of carbonyl (C=O) groups is 2. The monoisotopic (exact) mass is 310 g/mol. The normalized spacial score (nSPS) is 43.7. The maximum Gasteiger partial charge on any atom is 0.239 e. The molecule has 0 aromatic heterocycles. The molecule has 0 spiro atoms. The molecule has 4 nitrogen and oxygen atoms in total. The van der Waals surface area contributed by atoms with Gasteiger partial charge in [-0.15, -0.1) is 11.6 Å². The molecular weight excluding hydrogens is 288 g/mol. The van der Waals surface area contributed by atoms with Gasteiger partial charge in [-0.2, -0.15) is 0 Å². The van der Waals surface area contributed by atoms with E-state index in [1.165, 1.54) is 6.42 Å². The van der Waals surface area contributed by atoms with E-state index in [1.54, 1.807) is 0 Å². The van der Waals surface area contributed by atoms with Gasteiger partial charge in [-0.05, 0) is 63.2 Å². The van der Waals surface area contributed by atoms with Crippen molar-refractivity contribution >= 4 is 23.4 Å². The fraction of sp³-hybridized carbons (Fsp3) is 0.875. The summed E-state index contributed by atoms with van der Waals surface area (Å²) in [4.78, 5) is 24.3. The lowest BCUT2D eigenvalue weighted by atomic mass is 9.49. The number of carbonyl (C=O) groups excluding carboxylic acids is 2. The number of rotatable bonds is 4. The summed E-state index contributed by atoms with van der Waals surface area (Å²) >= 11 is 6.75. The maximum absolute atomic E-state index is 12.7. The van der Waals surface area contributed by atoms with Crippen LogP contribution in [0.15, 0.2) is 0 Å². The van der Waals surface area contributed by atoms with Gasteiger partial charge in [0.2, 0.25) is 11.8 Å². The molecule has 4 bridgehead atoms. The van der Waals surface area contributed by atoms with E-state index in [-0.39, 0.29) is 28.6 Å². The van der Waals surface area contributed by atoms with Gasteiger partial charge in [0, 0.05) is 10.9 Å². The number of halogens is 1. The van der Waals surface area contributed by atoms with E-state index < -0.39 is 0 Å². The van der Waals surface area contributed by atoms with Crippen LogP contribution in [-0.4, -0.2) is 29.3 Å². The minimum Gasteiger partial charge on any atom is -0.352 e. The number of nitrogens with one attached hydrogen (secondary N) is 2. The Hall–Kier alpha value is -0.770. The average Bonchev–Trinajstić information content (AvgIpc) is 3.16. The van der Waals surface area contributed by atoms with Crippen LogP contribution in [0.25, 0.3) is 0 Å². The lowest BCUT2D eigenvalue weighted by molar-refractivity contribution is -0.145. The van der Waals surface area contributed by atoms with Gasteiger partial charge in [-0.1, -0.05) is 0 Å². The molecule has 5 aliphatic rings. The largest absolute Gasteiger partial charge is 0.352 e. The number of hydrogen-bond donors (Lipinski definition) is 2. The lowest BCUT2D eigenvalue weighted by Gasteiger charge is -2.59. The second kappa shape index (κ2) is 4.61. The summed E-state index contributed by atoms with van der Waals surface area (Å²) in [7, 11) is 0. The van der Waals surface area contributed by atoms with Gasteiger partial charge in [0.25, 0.3) is 0 Å².